The van der Waals surface area contributed by atoms with E-state index in [0.29, 0.717) is 36.5 Å². The van der Waals surface area contributed by atoms with Crippen LogP contribution in [0.3, 0.4) is 0 Å². The second kappa shape index (κ2) is 13.6. The van der Waals surface area contributed by atoms with Crippen LogP contribution in [0, 0.1) is 3.57 Å². The maximum atomic E-state index is 13.2. The van der Waals surface area contributed by atoms with E-state index < -0.39 is 30.4 Å². The number of fused-ring (bicyclic) bond motifs is 1. The number of amides is 1. The number of nitrogens with one attached hydrogen (secondary N) is 2. The monoisotopic (exact) mass is 724 g/mol. The molecule has 1 fully saturated rings. The van der Waals surface area contributed by atoms with Gasteiger partial charge >= 0.3 is 0 Å². The van der Waals surface area contributed by atoms with Crippen molar-refractivity contribution in [1.29, 1.82) is 0 Å². The van der Waals surface area contributed by atoms with Crippen molar-refractivity contribution in [2.24, 2.45) is 0 Å². The van der Waals surface area contributed by atoms with E-state index in [2.05, 4.69) is 72.4 Å². The van der Waals surface area contributed by atoms with Crippen molar-refractivity contribution >= 4 is 57.1 Å². The number of carbonyl (C=O) groups excluding carboxylic acids is 1. The van der Waals surface area contributed by atoms with Gasteiger partial charge in [-0.3, -0.25) is 9.36 Å². The summed E-state index contributed by atoms with van der Waals surface area (Å²) in [6.45, 7) is 0.817. The fraction of sp³-hybridized carbons (Fsp3) is 0.250. The minimum absolute atomic E-state index is 0.0295. The summed E-state index contributed by atoms with van der Waals surface area (Å²) in [5.74, 6) is -0.0392. The molecule has 1 aliphatic heterocycles. The van der Waals surface area contributed by atoms with Crippen molar-refractivity contribution in [2.45, 2.75) is 43.4 Å². The Balaban J connectivity index is 1.14. The topological polar surface area (TPSA) is 134 Å². The first-order valence-corrected chi connectivity index (χ1v) is 15.6. The molecule has 2 aromatic heterocycles. The maximum absolute atomic E-state index is 13.2. The van der Waals surface area contributed by atoms with E-state index in [9.17, 15) is 15.0 Å². The number of aliphatic hydroxyl groups excluding tert-OH is 2. The van der Waals surface area contributed by atoms with Gasteiger partial charge in [-0.15, -0.1) is 0 Å². The molecule has 3 aromatic carbocycles. The first kappa shape index (κ1) is 30.4. The van der Waals surface area contributed by atoms with Crippen molar-refractivity contribution in [3.8, 4) is 0 Å². The van der Waals surface area contributed by atoms with Gasteiger partial charge in [0, 0.05) is 22.6 Å². The molecule has 4 atom stereocenters. The number of nitrogens with zero attached hydrogens (tertiary/aromatic N) is 4. The fourth-order valence-electron chi connectivity index (χ4n) is 5.47. The van der Waals surface area contributed by atoms with E-state index in [1.807, 2.05) is 60.7 Å². The molecular weight excluding hydrogens is 695 g/mol. The molecule has 0 unspecified atom stereocenters. The van der Waals surface area contributed by atoms with E-state index in [-0.39, 0.29) is 11.2 Å². The van der Waals surface area contributed by atoms with Crippen LogP contribution >= 0.6 is 34.2 Å². The quantitative estimate of drug-likeness (QED) is 0.121. The lowest BCUT2D eigenvalue weighted by Gasteiger charge is -2.20. The van der Waals surface area contributed by atoms with Gasteiger partial charge < -0.3 is 25.6 Å². The predicted molar refractivity (Wildman–Crippen MR) is 175 cm³/mol. The molecule has 0 radical (unpaired) electrons. The molecule has 1 aliphatic rings. The van der Waals surface area contributed by atoms with Crippen LogP contribution in [0.15, 0.2) is 91.3 Å². The highest BCUT2D eigenvalue weighted by Gasteiger charge is 2.47. The lowest BCUT2D eigenvalue weighted by molar-refractivity contribution is -0.137. The number of ether oxygens (including phenoxy) is 1. The summed E-state index contributed by atoms with van der Waals surface area (Å²) in [5, 5.41) is 27.9. The van der Waals surface area contributed by atoms with Gasteiger partial charge in [0.2, 0.25) is 5.28 Å². The van der Waals surface area contributed by atoms with Crippen LogP contribution in [0.4, 0.5) is 5.82 Å². The van der Waals surface area contributed by atoms with Crippen LogP contribution in [0.2, 0.25) is 5.28 Å². The minimum atomic E-state index is -1.47. The standard InChI is InChI=1S/C32H30ClIN6O4/c33-32-38-28(36-17-19-8-7-13-22(34)16-19)24-29(39-32)40(18-37-24)31-26(42)25(41)27(44-31)30(43)35-15-14-23(20-9-3-1-4-10-20)21-11-5-2-6-12-21/h1-13,16,18,23,25-27,31,41-42H,14-15,17H2,(H,35,43)(H,36,38,39)/t25-,26+,27-,31+/m0/s1. The summed E-state index contributed by atoms with van der Waals surface area (Å²) in [7, 11) is 0. The van der Waals surface area contributed by atoms with Gasteiger partial charge in [0.1, 0.15) is 12.2 Å². The summed E-state index contributed by atoms with van der Waals surface area (Å²) < 4.78 is 8.50. The number of hydrogen-bond acceptors (Lipinski definition) is 8. The van der Waals surface area contributed by atoms with Gasteiger partial charge in [0.05, 0.1) is 6.33 Å². The predicted octanol–water partition coefficient (Wildman–Crippen LogP) is 4.65. The van der Waals surface area contributed by atoms with Gasteiger partial charge in [-0.25, -0.2) is 4.98 Å². The molecule has 5 aromatic rings. The summed E-state index contributed by atoms with van der Waals surface area (Å²) >= 11 is 8.51. The Labute approximate surface area is 272 Å². The zero-order valence-corrected chi connectivity index (χ0v) is 26.3. The van der Waals surface area contributed by atoms with Crippen molar-refractivity contribution in [3.63, 3.8) is 0 Å². The van der Waals surface area contributed by atoms with Crippen LogP contribution in [0.1, 0.15) is 35.3 Å². The molecular formula is C32H30ClIN6O4. The van der Waals surface area contributed by atoms with Gasteiger partial charge in [-0.1, -0.05) is 72.8 Å². The average Bonchev–Trinajstić information content (AvgIpc) is 3.58. The van der Waals surface area contributed by atoms with E-state index in [1.54, 1.807) is 0 Å². The van der Waals surface area contributed by atoms with Crippen LogP contribution in [-0.4, -0.2) is 60.5 Å². The minimum Gasteiger partial charge on any atom is -0.387 e. The third kappa shape index (κ3) is 6.57. The molecule has 44 heavy (non-hydrogen) atoms. The molecule has 0 spiro atoms. The van der Waals surface area contributed by atoms with Crippen molar-refractivity contribution in [1.82, 2.24) is 24.8 Å². The molecule has 0 saturated carbocycles. The average molecular weight is 725 g/mol. The summed E-state index contributed by atoms with van der Waals surface area (Å²) in [6, 6.07) is 28.2. The molecule has 1 amide bonds. The number of hydrogen-bond donors (Lipinski definition) is 4. The molecule has 226 valence electrons. The number of aliphatic hydroxyl groups is 2. The Kier molecular flexibility index (Phi) is 9.38. The second-order valence-electron chi connectivity index (χ2n) is 10.5. The van der Waals surface area contributed by atoms with Gasteiger partial charge in [0.15, 0.2) is 29.3 Å². The number of anilines is 1. The molecule has 3 heterocycles. The Bertz CT molecular complexity index is 1700. The molecule has 0 aliphatic carbocycles. The highest BCUT2D eigenvalue weighted by atomic mass is 127. The molecule has 0 bridgehead atoms. The number of halogens is 2. The van der Waals surface area contributed by atoms with Crippen LogP contribution in [0.5, 0.6) is 0 Å². The van der Waals surface area contributed by atoms with Crippen LogP contribution in [0.25, 0.3) is 11.2 Å². The van der Waals surface area contributed by atoms with E-state index in [1.165, 1.54) is 10.9 Å². The summed E-state index contributed by atoms with van der Waals surface area (Å²) in [4.78, 5) is 26.2. The summed E-state index contributed by atoms with van der Waals surface area (Å²) in [5.41, 5.74) is 4.03. The maximum Gasteiger partial charge on any atom is 0.252 e. The van der Waals surface area contributed by atoms with E-state index in [0.717, 1.165) is 20.3 Å². The number of aromatic nitrogens is 4. The van der Waals surface area contributed by atoms with Gasteiger partial charge in [-0.2, -0.15) is 9.97 Å². The smallest absolute Gasteiger partial charge is 0.252 e. The van der Waals surface area contributed by atoms with Crippen molar-refractivity contribution < 1.29 is 19.7 Å². The zero-order chi connectivity index (χ0) is 30.6. The van der Waals surface area contributed by atoms with E-state index >= 15 is 0 Å². The third-order valence-corrected chi connectivity index (χ3v) is 8.49. The van der Waals surface area contributed by atoms with Gasteiger partial charge in [0.25, 0.3) is 5.91 Å². The fourth-order valence-corrected chi connectivity index (χ4v) is 6.25. The first-order chi connectivity index (χ1) is 21.4. The second-order valence-corrected chi connectivity index (χ2v) is 12.1. The van der Waals surface area contributed by atoms with Gasteiger partial charge in [-0.05, 0) is 69.4 Å². The number of imidazole rings is 1. The molecule has 6 rings (SSSR count). The number of benzene rings is 3. The molecule has 10 nitrogen and oxygen atoms in total. The Morgan fingerprint density at radius 3 is 2.36 bits per heavy atom. The Hall–Kier alpha value is -3.62. The number of rotatable bonds is 10. The van der Waals surface area contributed by atoms with E-state index in [4.69, 9.17) is 16.3 Å². The largest absolute Gasteiger partial charge is 0.387 e. The lowest BCUT2D eigenvalue weighted by Crippen LogP contribution is -2.43. The normalized spacial score (nSPS) is 19.8. The SMILES string of the molecule is O=C(NCCC(c1ccccc1)c1ccccc1)[C@H]1O[C@@H](n2cnc3c(NCc4cccc(I)c4)nc(Cl)nc32)[C@H](O)[C@@H]1O. The number of carbonyl (C=O) groups is 1. The van der Waals surface area contributed by atoms with Crippen molar-refractivity contribution in [3.05, 3.63) is 117 Å². The molecule has 12 heteroatoms. The highest BCUT2D eigenvalue weighted by molar-refractivity contribution is 14.1. The Morgan fingerprint density at radius 1 is 0.977 bits per heavy atom. The van der Waals surface area contributed by atoms with Crippen molar-refractivity contribution in [2.75, 3.05) is 11.9 Å². The van der Waals surface area contributed by atoms with Crippen LogP contribution < -0.4 is 10.6 Å². The van der Waals surface area contributed by atoms with Crippen LogP contribution in [-0.2, 0) is 16.1 Å². The Morgan fingerprint density at radius 2 is 1.68 bits per heavy atom. The zero-order valence-electron chi connectivity index (χ0n) is 23.4. The summed E-state index contributed by atoms with van der Waals surface area (Å²) in [6.07, 6.45) is -3.24. The first-order valence-electron chi connectivity index (χ1n) is 14.2. The molecule has 1 saturated heterocycles. The highest BCUT2D eigenvalue weighted by Crippen LogP contribution is 2.33. The molecule has 4 N–H and O–H groups in total. The lowest BCUT2D eigenvalue weighted by atomic mass is 9.88. The third-order valence-electron chi connectivity index (χ3n) is 7.65.